The van der Waals surface area contributed by atoms with E-state index in [1.54, 1.807) is 30.7 Å². The van der Waals surface area contributed by atoms with Crippen LogP contribution in [0.15, 0.2) is 48.9 Å². The molecule has 1 heterocycles. The third-order valence-corrected chi connectivity index (χ3v) is 2.41. The predicted octanol–water partition coefficient (Wildman–Crippen LogP) is 1.97. The molecule has 1 aromatic heterocycles. The quantitative estimate of drug-likeness (QED) is 0.872. The zero-order chi connectivity index (χ0) is 12.1. The van der Waals surface area contributed by atoms with E-state index in [9.17, 15) is 4.79 Å². The second-order valence-electron chi connectivity index (χ2n) is 3.69. The van der Waals surface area contributed by atoms with Crippen molar-refractivity contribution in [3.63, 3.8) is 0 Å². The maximum absolute atomic E-state index is 11.9. The van der Waals surface area contributed by atoms with Crippen LogP contribution in [-0.2, 0) is 0 Å². The number of carbonyl (C=O) groups excluding carboxylic acids is 1. The summed E-state index contributed by atoms with van der Waals surface area (Å²) in [5.74, 6) is -0.108. The summed E-state index contributed by atoms with van der Waals surface area (Å²) in [4.78, 5) is 20.0. The largest absolute Gasteiger partial charge is 0.344 e. The van der Waals surface area contributed by atoms with E-state index in [0.29, 0.717) is 5.56 Å². The van der Waals surface area contributed by atoms with E-state index in [4.69, 9.17) is 0 Å². The van der Waals surface area contributed by atoms with Crippen LogP contribution in [0.5, 0.6) is 0 Å². The first-order valence-electron chi connectivity index (χ1n) is 5.39. The first kappa shape index (κ1) is 11.3. The Hall–Kier alpha value is -2.23. The van der Waals surface area contributed by atoms with Crippen molar-refractivity contribution in [3.05, 3.63) is 60.2 Å². The van der Waals surface area contributed by atoms with Crippen molar-refractivity contribution in [1.29, 1.82) is 0 Å². The Morgan fingerprint density at radius 2 is 2.00 bits per heavy atom. The fourth-order valence-electron chi connectivity index (χ4n) is 1.48. The molecule has 0 aliphatic carbocycles. The summed E-state index contributed by atoms with van der Waals surface area (Å²) in [6, 6.07) is 8.95. The van der Waals surface area contributed by atoms with Crippen molar-refractivity contribution in [2.45, 2.75) is 13.0 Å². The number of hydrogen-bond acceptors (Lipinski definition) is 3. The van der Waals surface area contributed by atoms with Gasteiger partial charge in [-0.1, -0.05) is 18.2 Å². The summed E-state index contributed by atoms with van der Waals surface area (Å²) < 4.78 is 0. The van der Waals surface area contributed by atoms with Gasteiger partial charge in [-0.3, -0.25) is 14.8 Å². The molecule has 2 rings (SSSR count). The Balaban J connectivity index is 2.05. The SMILES string of the molecule is C[C@H](NC(=O)c1ccccc1)c1cnccn1. The molecule has 0 bridgehead atoms. The van der Waals surface area contributed by atoms with E-state index in [2.05, 4.69) is 15.3 Å². The molecule has 0 spiro atoms. The maximum atomic E-state index is 11.9. The van der Waals surface area contributed by atoms with Gasteiger partial charge in [-0.2, -0.15) is 0 Å². The van der Waals surface area contributed by atoms with Gasteiger partial charge < -0.3 is 5.32 Å². The van der Waals surface area contributed by atoms with Crippen LogP contribution in [-0.4, -0.2) is 15.9 Å². The Kier molecular flexibility index (Phi) is 3.45. The number of amides is 1. The molecule has 0 aliphatic rings. The number of nitrogens with zero attached hydrogens (tertiary/aromatic N) is 2. The lowest BCUT2D eigenvalue weighted by Crippen LogP contribution is -2.27. The molecule has 86 valence electrons. The minimum atomic E-state index is -0.156. The normalized spacial score (nSPS) is 11.8. The smallest absolute Gasteiger partial charge is 0.251 e. The Bertz CT molecular complexity index is 485. The fraction of sp³-hybridized carbons (Fsp3) is 0.154. The van der Waals surface area contributed by atoms with Gasteiger partial charge in [-0.25, -0.2) is 0 Å². The third kappa shape index (κ3) is 2.87. The van der Waals surface area contributed by atoms with Crippen molar-refractivity contribution in [1.82, 2.24) is 15.3 Å². The van der Waals surface area contributed by atoms with Gasteiger partial charge in [0.05, 0.1) is 17.9 Å². The summed E-state index contributed by atoms with van der Waals surface area (Å²) in [6.45, 7) is 1.88. The third-order valence-electron chi connectivity index (χ3n) is 2.41. The second kappa shape index (κ2) is 5.21. The number of nitrogens with one attached hydrogen (secondary N) is 1. The molecule has 1 aromatic carbocycles. The zero-order valence-corrected chi connectivity index (χ0v) is 9.50. The summed E-state index contributed by atoms with van der Waals surface area (Å²) in [7, 11) is 0. The molecule has 0 saturated heterocycles. The van der Waals surface area contributed by atoms with Crippen LogP contribution in [0, 0.1) is 0 Å². The van der Waals surface area contributed by atoms with Crippen molar-refractivity contribution in [2.75, 3.05) is 0 Å². The minimum Gasteiger partial charge on any atom is -0.344 e. The molecule has 1 atom stereocenters. The first-order valence-corrected chi connectivity index (χ1v) is 5.39. The molecule has 0 saturated carbocycles. The molecule has 0 fully saturated rings. The lowest BCUT2D eigenvalue weighted by atomic mass is 10.2. The van der Waals surface area contributed by atoms with Gasteiger partial charge in [-0.15, -0.1) is 0 Å². The highest BCUT2D eigenvalue weighted by atomic mass is 16.1. The second-order valence-corrected chi connectivity index (χ2v) is 3.69. The van der Waals surface area contributed by atoms with Crippen molar-refractivity contribution < 1.29 is 4.79 Å². The summed E-state index contributed by atoms with van der Waals surface area (Å²) >= 11 is 0. The van der Waals surface area contributed by atoms with Gasteiger partial charge in [0.15, 0.2) is 0 Å². The molecule has 0 radical (unpaired) electrons. The van der Waals surface area contributed by atoms with E-state index in [1.165, 1.54) is 0 Å². The molecule has 0 aliphatic heterocycles. The molecule has 17 heavy (non-hydrogen) atoms. The van der Waals surface area contributed by atoms with Crippen molar-refractivity contribution >= 4 is 5.91 Å². The standard InChI is InChI=1S/C13H13N3O/c1-10(12-9-14-7-8-15-12)16-13(17)11-5-3-2-4-6-11/h2-10H,1H3,(H,16,17)/t10-/m0/s1. The minimum absolute atomic E-state index is 0.108. The lowest BCUT2D eigenvalue weighted by Gasteiger charge is -2.12. The van der Waals surface area contributed by atoms with Crippen LogP contribution < -0.4 is 5.32 Å². The highest BCUT2D eigenvalue weighted by molar-refractivity contribution is 5.94. The highest BCUT2D eigenvalue weighted by Crippen LogP contribution is 2.08. The topological polar surface area (TPSA) is 54.9 Å². The number of rotatable bonds is 3. The molecule has 4 nitrogen and oxygen atoms in total. The Morgan fingerprint density at radius 3 is 2.65 bits per heavy atom. The summed E-state index contributed by atoms with van der Waals surface area (Å²) in [6.07, 6.45) is 4.87. The Labute approximate surface area is 99.7 Å². The van der Waals surface area contributed by atoms with Crippen molar-refractivity contribution in [3.8, 4) is 0 Å². The van der Waals surface area contributed by atoms with Gasteiger partial charge in [0.25, 0.3) is 5.91 Å². The average Bonchev–Trinajstić information content (AvgIpc) is 2.40. The van der Waals surface area contributed by atoms with Gasteiger partial charge in [-0.05, 0) is 19.1 Å². The average molecular weight is 227 g/mol. The van der Waals surface area contributed by atoms with Crippen LogP contribution in [0.2, 0.25) is 0 Å². The molecule has 2 aromatic rings. The van der Waals surface area contributed by atoms with Gasteiger partial charge >= 0.3 is 0 Å². The Morgan fingerprint density at radius 1 is 1.24 bits per heavy atom. The van der Waals surface area contributed by atoms with Gasteiger partial charge in [0, 0.05) is 18.0 Å². The van der Waals surface area contributed by atoms with E-state index in [1.807, 2.05) is 25.1 Å². The highest BCUT2D eigenvalue weighted by Gasteiger charge is 2.11. The number of hydrogen-bond donors (Lipinski definition) is 1. The summed E-state index contributed by atoms with van der Waals surface area (Å²) in [5.41, 5.74) is 1.39. The van der Waals surface area contributed by atoms with Crippen molar-refractivity contribution in [2.24, 2.45) is 0 Å². The van der Waals surface area contributed by atoms with Crippen LogP contribution in [0.1, 0.15) is 29.0 Å². The van der Waals surface area contributed by atoms with Crippen LogP contribution in [0.4, 0.5) is 0 Å². The van der Waals surface area contributed by atoms with Gasteiger partial charge in [0.2, 0.25) is 0 Å². The molecular formula is C13H13N3O. The van der Waals surface area contributed by atoms with Gasteiger partial charge in [0.1, 0.15) is 0 Å². The van der Waals surface area contributed by atoms with E-state index in [0.717, 1.165) is 5.69 Å². The first-order chi connectivity index (χ1) is 8.27. The predicted molar refractivity (Wildman–Crippen MR) is 64.4 cm³/mol. The molecule has 4 heteroatoms. The molecule has 1 N–H and O–H groups in total. The van der Waals surface area contributed by atoms with Crippen LogP contribution >= 0.6 is 0 Å². The number of aromatic nitrogens is 2. The van der Waals surface area contributed by atoms with Crippen LogP contribution in [0.25, 0.3) is 0 Å². The number of benzene rings is 1. The fourth-order valence-corrected chi connectivity index (χ4v) is 1.48. The van der Waals surface area contributed by atoms with E-state index < -0.39 is 0 Å². The molecular weight excluding hydrogens is 214 g/mol. The molecule has 1 amide bonds. The van der Waals surface area contributed by atoms with Crippen LogP contribution in [0.3, 0.4) is 0 Å². The monoisotopic (exact) mass is 227 g/mol. The lowest BCUT2D eigenvalue weighted by molar-refractivity contribution is 0.0939. The van der Waals surface area contributed by atoms with E-state index in [-0.39, 0.29) is 11.9 Å². The molecule has 0 unspecified atom stereocenters. The number of carbonyl (C=O) groups is 1. The maximum Gasteiger partial charge on any atom is 0.251 e. The zero-order valence-electron chi connectivity index (χ0n) is 9.50. The summed E-state index contributed by atoms with van der Waals surface area (Å²) in [5, 5.41) is 2.87. The van der Waals surface area contributed by atoms with E-state index >= 15 is 0 Å².